The van der Waals surface area contributed by atoms with E-state index < -0.39 is 0 Å². The first-order chi connectivity index (χ1) is 4.91. The third-order valence-electron chi connectivity index (χ3n) is 0.773. The third kappa shape index (κ3) is 13.1. The van der Waals surface area contributed by atoms with Gasteiger partial charge in [0, 0.05) is 7.11 Å². The van der Waals surface area contributed by atoms with Crippen LogP contribution < -0.4 is 18.9 Å². The molecule has 0 fully saturated rings. The van der Waals surface area contributed by atoms with Crippen LogP contribution in [-0.4, -0.2) is 33.7 Å². The molecule has 0 atom stereocenters. The minimum absolute atomic E-state index is 0. The summed E-state index contributed by atoms with van der Waals surface area (Å²) in [6.07, 6.45) is 6.46. The minimum Gasteiger partial charge on any atom is -0.691 e. The van der Waals surface area contributed by atoms with Crippen LogP contribution in [-0.2, 0) is 14.2 Å². The maximum atomic E-state index is 6.46. The zero-order valence-electron chi connectivity index (χ0n) is 7.05. The van der Waals surface area contributed by atoms with Crippen molar-refractivity contribution in [2.24, 2.45) is 0 Å². The molecule has 3 nitrogen and oxygen atoms in total. The van der Waals surface area contributed by atoms with Crippen molar-refractivity contribution in [3.8, 4) is 5.92 Å². The Labute approximate surface area is 79.6 Å². The van der Waals surface area contributed by atoms with Crippen LogP contribution in [0, 0.1) is 12.3 Å². The molecule has 0 N–H and O–H groups in total. The van der Waals surface area contributed by atoms with Crippen molar-refractivity contribution < 1.29 is 33.1 Å². The second-order valence-electron chi connectivity index (χ2n) is 1.54. The van der Waals surface area contributed by atoms with Crippen LogP contribution in [0.5, 0.6) is 0 Å². The minimum atomic E-state index is 0. The molecule has 0 saturated carbocycles. The number of hydrogen-bond acceptors (Lipinski definition) is 3. The van der Waals surface area contributed by atoms with E-state index in [0.29, 0.717) is 13.2 Å². The molecule has 4 heteroatoms. The SMILES string of the molecule is [C-]#CCOCOCCOC.[Li+]. The quantitative estimate of drug-likeness (QED) is 0.135. The molecule has 0 aromatic rings. The Hall–Kier alpha value is 0.0374. The first kappa shape index (κ1) is 13.6. The fourth-order valence-electron chi connectivity index (χ4n) is 0.353. The van der Waals surface area contributed by atoms with Gasteiger partial charge in [-0.3, -0.25) is 0 Å². The molecular weight excluding hydrogens is 139 g/mol. The molecule has 58 valence electrons. The molecule has 0 saturated heterocycles. The molecule has 0 rings (SSSR count). The summed E-state index contributed by atoms with van der Waals surface area (Å²) in [5, 5.41) is 0. The molecule has 0 radical (unpaired) electrons. The van der Waals surface area contributed by atoms with Gasteiger partial charge in [0.05, 0.1) is 19.8 Å². The standard InChI is InChI=1S/C7H11O3.Li/c1-3-4-9-7-10-6-5-8-2;/h4-7H2,2H3;/q-1;+1. The van der Waals surface area contributed by atoms with Crippen LogP contribution >= 0.6 is 0 Å². The van der Waals surface area contributed by atoms with Gasteiger partial charge in [-0.1, -0.05) is 0 Å². The summed E-state index contributed by atoms with van der Waals surface area (Å²) < 4.78 is 14.4. The van der Waals surface area contributed by atoms with Crippen molar-refractivity contribution in [3.05, 3.63) is 6.42 Å². The van der Waals surface area contributed by atoms with Crippen molar-refractivity contribution in [1.82, 2.24) is 0 Å². The van der Waals surface area contributed by atoms with E-state index in [1.807, 2.05) is 0 Å². The maximum Gasteiger partial charge on any atom is 1.00 e. The molecular formula is C7H11LiO3. The van der Waals surface area contributed by atoms with Gasteiger partial charge in [-0.2, -0.15) is 0 Å². The van der Waals surface area contributed by atoms with Crippen molar-refractivity contribution in [3.63, 3.8) is 0 Å². The van der Waals surface area contributed by atoms with Crippen LogP contribution in [0.4, 0.5) is 0 Å². The molecule has 0 amide bonds. The number of methoxy groups -OCH3 is 1. The van der Waals surface area contributed by atoms with Gasteiger partial charge < -0.3 is 26.6 Å². The third-order valence-corrected chi connectivity index (χ3v) is 0.773. The van der Waals surface area contributed by atoms with Crippen LogP contribution in [0.15, 0.2) is 0 Å². The Morgan fingerprint density at radius 1 is 1.27 bits per heavy atom. The zero-order valence-corrected chi connectivity index (χ0v) is 7.05. The summed E-state index contributed by atoms with van der Waals surface area (Å²) in [7, 11) is 1.61. The molecule has 0 aromatic carbocycles. The molecule has 0 aliphatic rings. The van der Waals surface area contributed by atoms with Gasteiger partial charge in [0.15, 0.2) is 0 Å². The monoisotopic (exact) mass is 150 g/mol. The van der Waals surface area contributed by atoms with Gasteiger partial charge in [-0.05, 0) is 0 Å². The summed E-state index contributed by atoms with van der Waals surface area (Å²) in [6.45, 7) is 1.48. The maximum absolute atomic E-state index is 6.46. The van der Waals surface area contributed by atoms with Gasteiger partial charge in [-0.15, -0.1) is 0 Å². The first-order valence-electron chi connectivity index (χ1n) is 2.96. The molecule has 0 aromatic heterocycles. The van der Waals surface area contributed by atoms with Crippen molar-refractivity contribution in [2.75, 3.05) is 33.7 Å². The number of ether oxygens (including phenoxy) is 3. The summed E-state index contributed by atoms with van der Waals surface area (Å²) >= 11 is 0. The van der Waals surface area contributed by atoms with Crippen LogP contribution in [0.1, 0.15) is 0 Å². The topological polar surface area (TPSA) is 27.7 Å². The predicted octanol–water partition coefficient (Wildman–Crippen LogP) is -2.78. The van der Waals surface area contributed by atoms with Gasteiger partial charge in [0.2, 0.25) is 0 Å². The largest absolute Gasteiger partial charge is 1.00 e. The molecule has 0 unspecified atom stereocenters. The Morgan fingerprint density at radius 3 is 2.55 bits per heavy atom. The van der Waals surface area contributed by atoms with E-state index in [2.05, 4.69) is 5.92 Å². The summed E-state index contributed by atoms with van der Waals surface area (Å²) in [6, 6.07) is 0. The Balaban J connectivity index is 0. The van der Waals surface area contributed by atoms with E-state index in [4.69, 9.17) is 20.6 Å². The van der Waals surface area contributed by atoms with E-state index in [9.17, 15) is 0 Å². The molecule has 0 heterocycles. The average molecular weight is 150 g/mol. The van der Waals surface area contributed by atoms with Crippen LogP contribution in [0.2, 0.25) is 0 Å². The van der Waals surface area contributed by atoms with E-state index in [-0.39, 0.29) is 32.3 Å². The molecule has 0 bridgehead atoms. The van der Waals surface area contributed by atoms with Crippen LogP contribution in [0.25, 0.3) is 0 Å². The summed E-state index contributed by atoms with van der Waals surface area (Å²) in [5.74, 6) is 2.08. The Morgan fingerprint density at radius 2 is 2.00 bits per heavy atom. The predicted molar refractivity (Wildman–Crippen MR) is 35.8 cm³/mol. The van der Waals surface area contributed by atoms with E-state index in [0.717, 1.165) is 0 Å². The van der Waals surface area contributed by atoms with Gasteiger partial charge in [-0.25, -0.2) is 0 Å². The second-order valence-corrected chi connectivity index (χ2v) is 1.54. The van der Waals surface area contributed by atoms with Crippen molar-refractivity contribution >= 4 is 0 Å². The van der Waals surface area contributed by atoms with E-state index in [1.165, 1.54) is 0 Å². The van der Waals surface area contributed by atoms with E-state index >= 15 is 0 Å². The molecule has 0 aliphatic heterocycles. The first-order valence-corrected chi connectivity index (χ1v) is 2.96. The summed E-state index contributed by atoms with van der Waals surface area (Å²) in [4.78, 5) is 0. The molecule has 11 heavy (non-hydrogen) atoms. The Bertz CT molecular complexity index is 100. The van der Waals surface area contributed by atoms with Crippen LogP contribution in [0.3, 0.4) is 0 Å². The van der Waals surface area contributed by atoms with Gasteiger partial charge in [0.1, 0.15) is 6.79 Å². The zero-order chi connectivity index (χ0) is 7.66. The molecule has 0 spiro atoms. The fourth-order valence-corrected chi connectivity index (χ4v) is 0.353. The summed E-state index contributed by atoms with van der Waals surface area (Å²) in [5.41, 5.74) is 0. The smallest absolute Gasteiger partial charge is 0.691 e. The normalized spacial score (nSPS) is 8.36. The second kappa shape index (κ2) is 12.7. The van der Waals surface area contributed by atoms with Crippen molar-refractivity contribution in [2.45, 2.75) is 0 Å². The number of hydrogen-bond donors (Lipinski definition) is 0. The Kier molecular flexibility index (Phi) is 15.7. The van der Waals surface area contributed by atoms with Gasteiger partial charge in [0.25, 0.3) is 0 Å². The van der Waals surface area contributed by atoms with E-state index in [1.54, 1.807) is 7.11 Å². The number of rotatable bonds is 6. The average Bonchev–Trinajstić information content (AvgIpc) is 1.97. The fraction of sp³-hybridized carbons (Fsp3) is 0.714. The van der Waals surface area contributed by atoms with Crippen molar-refractivity contribution in [1.29, 1.82) is 0 Å². The molecule has 0 aliphatic carbocycles. The van der Waals surface area contributed by atoms with Gasteiger partial charge >= 0.3 is 18.9 Å².